The second-order valence-electron chi connectivity index (χ2n) is 5.48. The topological polar surface area (TPSA) is 55.1 Å². The Bertz CT molecular complexity index is 712. The Morgan fingerprint density at radius 3 is 2.86 bits per heavy atom. The maximum Gasteiger partial charge on any atom is 0.252 e. The van der Waals surface area contributed by atoms with Gasteiger partial charge in [-0.25, -0.2) is 4.39 Å². The number of fused-ring (bicyclic) bond motifs is 1. The van der Waals surface area contributed by atoms with Crippen molar-refractivity contribution in [2.24, 2.45) is 0 Å². The van der Waals surface area contributed by atoms with Gasteiger partial charge in [-0.2, -0.15) is 0 Å². The summed E-state index contributed by atoms with van der Waals surface area (Å²) in [5.41, 5.74) is 9.99. The van der Waals surface area contributed by atoms with Crippen LogP contribution in [0.5, 0.6) is 0 Å². The molecule has 0 aliphatic heterocycles. The third-order valence-electron chi connectivity index (χ3n) is 3.98. The monoisotopic (exact) mass is 284 g/mol. The van der Waals surface area contributed by atoms with Gasteiger partial charge in [-0.05, 0) is 66.8 Å². The molecule has 0 fully saturated rings. The van der Waals surface area contributed by atoms with Crippen LogP contribution >= 0.6 is 0 Å². The Kier molecular flexibility index (Phi) is 3.37. The Morgan fingerprint density at radius 2 is 2.10 bits per heavy atom. The molecule has 108 valence electrons. The van der Waals surface area contributed by atoms with Crippen LogP contribution in [-0.2, 0) is 6.42 Å². The number of nitrogens with one attached hydrogen (secondary N) is 1. The molecule has 3 nitrogen and oxygen atoms in total. The average molecular weight is 284 g/mol. The fourth-order valence-corrected chi connectivity index (χ4v) is 2.91. The van der Waals surface area contributed by atoms with Gasteiger partial charge in [0.25, 0.3) is 5.91 Å². The van der Waals surface area contributed by atoms with Gasteiger partial charge >= 0.3 is 0 Å². The van der Waals surface area contributed by atoms with E-state index < -0.39 is 0 Å². The highest BCUT2D eigenvalue weighted by atomic mass is 19.1. The number of carbonyl (C=O) groups excluding carboxylic acids is 1. The largest absolute Gasteiger partial charge is 0.399 e. The van der Waals surface area contributed by atoms with Gasteiger partial charge in [-0.15, -0.1) is 0 Å². The molecule has 0 aromatic heterocycles. The second kappa shape index (κ2) is 5.20. The van der Waals surface area contributed by atoms with Crippen LogP contribution < -0.4 is 11.1 Å². The number of anilines is 1. The van der Waals surface area contributed by atoms with Crippen LogP contribution in [0.4, 0.5) is 10.1 Å². The summed E-state index contributed by atoms with van der Waals surface area (Å²) < 4.78 is 13.1. The van der Waals surface area contributed by atoms with Crippen molar-refractivity contribution in [3.05, 3.63) is 64.5 Å². The van der Waals surface area contributed by atoms with Gasteiger partial charge in [-0.1, -0.05) is 6.07 Å². The van der Waals surface area contributed by atoms with Crippen LogP contribution in [-0.4, -0.2) is 5.91 Å². The molecule has 0 spiro atoms. The molecule has 2 aromatic rings. The first-order valence-corrected chi connectivity index (χ1v) is 7.00. The first-order chi connectivity index (χ1) is 10.0. The number of rotatable bonds is 2. The van der Waals surface area contributed by atoms with E-state index in [2.05, 4.69) is 5.32 Å². The molecule has 0 heterocycles. The molecule has 1 atom stereocenters. The maximum atomic E-state index is 13.1. The molecule has 1 aliphatic carbocycles. The van der Waals surface area contributed by atoms with Crippen molar-refractivity contribution in [3.63, 3.8) is 0 Å². The van der Waals surface area contributed by atoms with Crippen molar-refractivity contribution < 1.29 is 9.18 Å². The van der Waals surface area contributed by atoms with Gasteiger partial charge in [0.15, 0.2) is 0 Å². The highest BCUT2D eigenvalue weighted by molar-refractivity contribution is 5.95. The van der Waals surface area contributed by atoms with Gasteiger partial charge < -0.3 is 11.1 Å². The predicted octanol–water partition coefficient (Wildman–Crippen LogP) is 3.13. The molecular formula is C17H17FN2O. The van der Waals surface area contributed by atoms with Gasteiger partial charge in [0.2, 0.25) is 0 Å². The van der Waals surface area contributed by atoms with E-state index in [0.29, 0.717) is 11.1 Å². The van der Waals surface area contributed by atoms with Crippen LogP contribution in [0.25, 0.3) is 0 Å². The van der Waals surface area contributed by atoms with Crippen molar-refractivity contribution in [3.8, 4) is 0 Å². The van der Waals surface area contributed by atoms with E-state index in [1.807, 2.05) is 18.2 Å². The predicted molar refractivity (Wildman–Crippen MR) is 80.5 cm³/mol. The summed E-state index contributed by atoms with van der Waals surface area (Å²) in [5.74, 6) is -0.493. The Balaban J connectivity index is 1.81. The molecule has 3 rings (SSSR count). The highest BCUT2D eigenvalue weighted by Crippen LogP contribution is 2.32. The van der Waals surface area contributed by atoms with E-state index in [1.54, 1.807) is 6.92 Å². The molecular weight excluding hydrogens is 267 g/mol. The third-order valence-corrected chi connectivity index (χ3v) is 3.98. The van der Waals surface area contributed by atoms with Crippen molar-refractivity contribution in [1.82, 2.24) is 5.32 Å². The minimum atomic E-state index is -0.328. The van der Waals surface area contributed by atoms with Gasteiger partial charge in [0.1, 0.15) is 5.82 Å². The lowest BCUT2D eigenvalue weighted by molar-refractivity contribution is 0.0936. The van der Waals surface area contributed by atoms with E-state index in [4.69, 9.17) is 5.73 Å². The Labute approximate surface area is 123 Å². The van der Waals surface area contributed by atoms with Crippen LogP contribution in [0.1, 0.15) is 39.5 Å². The normalized spacial score (nSPS) is 16.6. The fraction of sp³-hybridized carbons (Fsp3) is 0.235. The van der Waals surface area contributed by atoms with Crippen LogP contribution in [0.2, 0.25) is 0 Å². The van der Waals surface area contributed by atoms with E-state index in [0.717, 1.165) is 24.1 Å². The lowest BCUT2D eigenvalue weighted by atomic mass is 10.1. The smallest absolute Gasteiger partial charge is 0.252 e. The summed E-state index contributed by atoms with van der Waals surface area (Å²) in [6, 6.07) is 10.00. The first kappa shape index (κ1) is 13.6. The molecule has 1 amide bonds. The first-order valence-electron chi connectivity index (χ1n) is 7.00. The van der Waals surface area contributed by atoms with Crippen molar-refractivity contribution in [2.45, 2.75) is 25.8 Å². The van der Waals surface area contributed by atoms with E-state index in [1.165, 1.54) is 23.8 Å². The van der Waals surface area contributed by atoms with E-state index in [-0.39, 0.29) is 17.8 Å². The molecule has 4 heteroatoms. The van der Waals surface area contributed by atoms with Crippen LogP contribution in [0.15, 0.2) is 36.4 Å². The quantitative estimate of drug-likeness (QED) is 0.832. The molecule has 0 saturated heterocycles. The number of aryl methyl sites for hydroxylation is 2. The number of carbonyl (C=O) groups is 1. The third kappa shape index (κ3) is 2.61. The molecule has 2 aromatic carbocycles. The number of nitrogen functional groups attached to an aromatic ring is 1. The zero-order valence-electron chi connectivity index (χ0n) is 11.8. The molecule has 1 unspecified atom stereocenters. The van der Waals surface area contributed by atoms with Crippen LogP contribution in [0, 0.1) is 12.7 Å². The highest BCUT2D eigenvalue weighted by Gasteiger charge is 2.24. The Morgan fingerprint density at radius 1 is 1.29 bits per heavy atom. The van der Waals surface area contributed by atoms with Crippen molar-refractivity contribution in [2.75, 3.05) is 5.73 Å². The average Bonchev–Trinajstić information content (AvgIpc) is 2.80. The summed E-state index contributed by atoms with van der Waals surface area (Å²) in [7, 11) is 0. The van der Waals surface area contributed by atoms with Crippen LogP contribution in [0.3, 0.4) is 0 Å². The zero-order chi connectivity index (χ0) is 15.0. The number of nitrogens with two attached hydrogens (primary N) is 1. The molecule has 0 saturated carbocycles. The lowest BCUT2D eigenvalue weighted by Gasteiger charge is -2.15. The molecule has 21 heavy (non-hydrogen) atoms. The lowest BCUT2D eigenvalue weighted by Crippen LogP contribution is -2.27. The van der Waals surface area contributed by atoms with E-state index in [9.17, 15) is 9.18 Å². The summed E-state index contributed by atoms with van der Waals surface area (Å²) in [6.45, 7) is 1.74. The second-order valence-corrected chi connectivity index (χ2v) is 5.48. The fourth-order valence-electron chi connectivity index (χ4n) is 2.91. The zero-order valence-corrected chi connectivity index (χ0v) is 11.8. The summed E-state index contributed by atoms with van der Waals surface area (Å²) in [6.07, 6.45) is 1.78. The summed E-state index contributed by atoms with van der Waals surface area (Å²) in [4.78, 5) is 12.4. The van der Waals surface area contributed by atoms with Gasteiger partial charge in [-0.3, -0.25) is 4.79 Å². The number of benzene rings is 2. The standard InChI is InChI=1S/C17H17FN2O/c1-10-8-12(18)3-5-14(10)17(21)20-16-7-2-11-9-13(19)4-6-15(11)16/h3-6,8-9,16H,2,7,19H2,1H3,(H,20,21). The van der Waals surface area contributed by atoms with Crippen molar-refractivity contribution >= 4 is 11.6 Å². The molecule has 1 aliphatic rings. The number of halogens is 1. The number of hydrogen-bond donors (Lipinski definition) is 2. The van der Waals surface area contributed by atoms with E-state index >= 15 is 0 Å². The summed E-state index contributed by atoms with van der Waals surface area (Å²) >= 11 is 0. The number of amides is 1. The molecule has 3 N–H and O–H groups in total. The maximum absolute atomic E-state index is 13.1. The Hall–Kier alpha value is -2.36. The molecule has 0 bridgehead atoms. The SMILES string of the molecule is Cc1cc(F)ccc1C(=O)NC1CCc2cc(N)ccc21. The minimum Gasteiger partial charge on any atom is -0.399 e. The van der Waals surface area contributed by atoms with Gasteiger partial charge in [0, 0.05) is 11.3 Å². The number of hydrogen-bond acceptors (Lipinski definition) is 2. The molecule has 0 radical (unpaired) electrons. The minimum absolute atomic E-state index is 0.00227. The van der Waals surface area contributed by atoms with Gasteiger partial charge in [0.05, 0.1) is 6.04 Å². The van der Waals surface area contributed by atoms with Crippen molar-refractivity contribution in [1.29, 1.82) is 0 Å². The summed E-state index contributed by atoms with van der Waals surface area (Å²) in [5, 5.41) is 3.03.